The predicted molar refractivity (Wildman–Crippen MR) is 219 cm³/mol. The van der Waals surface area contributed by atoms with Crippen molar-refractivity contribution >= 4 is 70.4 Å². The van der Waals surface area contributed by atoms with Gasteiger partial charge in [-0.2, -0.15) is 0 Å². The van der Waals surface area contributed by atoms with Crippen LogP contribution in [0.15, 0.2) is 194 Å². The molecule has 51 heavy (non-hydrogen) atoms. The molecule has 3 heteroatoms. The van der Waals surface area contributed by atoms with E-state index >= 15 is 0 Å². The Kier molecular flexibility index (Phi) is 7.04. The molecule has 0 saturated carbocycles. The Bertz CT molecular complexity index is 2780. The Balaban J connectivity index is 1.22. The molecule has 0 fully saturated rings. The Hall–Kier alpha value is -6.42. The number of aromatic nitrogens is 1. The van der Waals surface area contributed by atoms with Crippen LogP contribution in [0.1, 0.15) is 0 Å². The van der Waals surface area contributed by atoms with Gasteiger partial charge in [-0.1, -0.05) is 127 Å². The van der Waals surface area contributed by atoms with Crippen LogP contribution in [-0.4, -0.2) is 4.57 Å². The van der Waals surface area contributed by atoms with Crippen LogP contribution in [0, 0.1) is 0 Å². The van der Waals surface area contributed by atoms with E-state index < -0.39 is 0 Å². The van der Waals surface area contributed by atoms with Crippen molar-refractivity contribution in [3.63, 3.8) is 0 Å². The number of para-hydroxylation sites is 3. The SMILES string of the molecule is c1ccc(-c2ccc(-n3c4ccccc4c4c(-c5ccc(N(c6ccccc6)c6ccccc6)cc5)cc5c6ccccc6sc5c43)cc2)cc1. The van der Waals surface area contributed by atoms with Crippen molar-refractivity contribution in [2.24, 2.45) is 0 Å². The number of rotatable bonds is 6. The Morgan fingerprint density at radius 3 is 1.63 bits per heavy atom. The van der Waals surface area contributed by atoms with Crippen LogP contribution in [0.5, 0.6) is 0 Å². The molecule has 2 aromatic heterocycles. The van der Waals surface area contributed by atoms with Gasteiger partial charge < -0.3 is 9.47 Å². The third-order valence-corrected chi connectivity index (χ3v) is 11.2. The van der Waals surface area contributed by atoms with Crippen LogP contribution in [0.4, 0.5) is 17.1 Å². The molecule has 0 radical (unpaired) electrons. The molecule has 0 aliphatic carbocycles. The van der Waals surface area contributed by atoms with Gasteiger partial charge in [-0.25, -0.2) is 0 Å². The van der Waals surface area contributed by atoms with E-state index in [9.17, 15) is 0 Å². The van der Waals surface area contributed by atoms with E-state index in [-0.39, 0.29) is 0 Å². The van der Waals surface area contributed by atoms with Crippen molar-refractivity contribution in [1.82, 2.24) is 4.57 Å². The van der Waals surface area contributed by atoms with Crippen molar-refractivity contribution in [1.29, 1.82) is 0 Å². The smallest absolute Gasteiger partial charge is 0.0726 e. The quantitative estimate of drug-likeness (QED) is 0.171. The van der Waals surface area contributed by atoms with Gasteiger partial charge >= 0.3 is 0 Å². The lowest BCUT2D eigenvalue weighted by Crippen LogP contribution is -2.09. The lowest BCUT2D eigenvalue weighted by Gasteiger charge is -2.25. The average Bonchev–Trinajstić information content (AvgIpc) is 3.76. The highest BCUT2D eigenvalue weighted by atomic mass is 32.1. The fraction of sp³-hybridized carbons (Fsp3) is 0. The Morgan fingerprint density at radius 2 is 0.941 bits per heavy atom. The topological polar surface area (TPSA) is 8.17 Å². The molecule has 0 unspecified atom stereocenters. The second-order valence-electron chi connectivity index (χ2n) is 12.9. The number of hydrogen-bond donors (Lipinski definition) is 0. The zero-order chi connectivity index (χ0) is 33.7. The molecule has 0 spiro atoms. The van der Waals surface area contributed by atoms with Crippen molar-refractivity contribution in [2.45, 2.75) is 0 Å². The maximum Gasteiger partial charge on any atom is 0.0726 e. The van der Waals surface area contributed by atoms with Gasteiger partial charge in [0.1, 0.15) is 0 Å². The molecule has 10 rings (SSSR count). The van der Waals surface area contributed by atoms with Crippen LogP contribution in [-0.2, 0) is 0 Å². The first kappa shape index (κ1) is 29.5. The van der Waals surface area contributed by atoms with Crippen molar-refractivity contribution < 1.29 is 0 Å². The molecular weight excluding hydrogens is 637 g/mol. The Labute approximate surface area is 300 Å². The number of fused-ring (bicyclic) bond motifs is 7. The van der Waals surface area contributed by atoms with Gasteiger partial charge in [0.25, 0.3) is 0 Å². The summed E-state index contributed by atoms with van der Waals surface area (Å²) in [5.74, 6) is 0. The molecule has 0 atom stereocenters. The van der Waals surface area contributed by atoms with E-state index in [2.05, 4.69) is 204 Å². The van der Waals surface area contributed by atoms with E-state index in [1.807, 2.05) is 11.3 Å². The van der Waals surface area contributed by atoms with Gasteiger partial charge in [-0.15, -0.1) is 11.3 Å². The molecular formula is C48H32N2S. The third kappa shape index (κ3) is 4.93. The number of thiophene rings is 1. The molecule has 240 valence electrons. The molecule has 0 bridgehead atoms. The zero-order valence-electron chi connectivity index (χ0n) is 27.8. The monoisotopic (exact) mass is 668 g/mol. The summed E-state index contributed by atoms with van der Waals surface area (Å²) in [6, 6.07) is 70.1. The summed E-state index contributed by atoms with van der Waals surface area (Å²) >= 11 is 1.89. The second-order valence-corrected chi connectivity index (χ2v) is 14.0. The van der Waals surface area contributed by atoms with Crippen LogP contribution in [0.2, 0.25) is 0 Å². The molecule has 0 saturated heterocycles. The summed E-state index contributed by atoms with van der Waals surface area (Å²) in [4.78, 5) is 2.32. The van der Waals surface area contributed by atoms with Gasteiger partial charge in [-0.3, -0.25) is 0 Å². The summed E-state index contributed by atoms with van der Waals surface area (Å²) in [5, 5.41) is 5.14. The second kappa shape index (κ2) is 12.2. The lowest BCUT2D eigenvalue weighted by atomic mass is 9.96. The minimum absolute atomic E-state index is 1.12. The zero-order valence-corrected chi connectivity index (χ0v) is 28.6. The molecule has 0 amide bonds. The van der Waals surface area contributed by atoms with Crippen LogP contribution in [0.3, 0.4) is 0 Å². The van der Waals surface area contributed by atoms with Gasteiger partial charge in [0, 0.05) is 49.0 Å². The standard InChI is InChI=1S/C48H32N2S/c1-4-14-33(15-5-1)34-24-28-39(29-25-34)50-44-22-12-10-21-41(44)46-42(32-43-40-20-11-13-23-45(40)51-48(43)47(46)50)35-26-30-38(31-27-35)49(36-16-6-2-7-17-36)37-18-8-3-9-19-37/h1-32H. The highest BCUT2D eigenvalue weighted by Crippen LogP contribution is 2.48. The minimum Gasteiger partial charge on any atom is -0.311 e. The molecule has 2 heterocycles. The van der Waals surface area contributed by atoms with Crippen LogP contribution >= 0.6 is 11.3 Å². The molecule has 10 aromatic rings. The van der Waals surface area contributed by atoms with Crippen molar-refractivity contribution in [3.8, 4) is 27.9 Å². The van der Waals surface area contributed by atoms with Gasteiger partial charge in [0.05, 0.1) is 15.7 Å². The molecule has 0 aliphatic heterocycles. The number of nitrogens with zero attached hydrogens (tertiary/aromatic N) is 2. The first-order valence-electron chi connectivity index (χ1n) is 17.4. The van der Waals surface area contributed by atoms with Crippen LogP contribution in [0.25, 0.3) is 69.9 Å². The van der Waals surface area contributed by atoms with E-state index in [0.29, 0.717) is 0 Å². The van der Waals surface area contributed by atoms with Gasteiger partial charge in [0.2, 0.25) is 0 Å². The highest BCUT2D eigenvalue weighted by Gasteiger charge is 2.22. The van der Waals surface area contributed by atoms with Crippen molar-refractivity contribution in [2.75, 3.05) is 4.90 Å². The largest absolute Gasteiger partial charge is 0.311 e. The van der Waals surface area contributed by atoms with Crippen molar-refractivity contribution in [3.05, 3.63) is 194 Å². The summed E-state index contributed by atoms with van der Waals surface area (Å²) in [5.41, 5.74) is 11.9. The van der Waals surface area contributed by atoms with Crippen LogP contribution < -0.4 is 4.90 Å². The van der Waals surface area contributed by atoms with E-state index in [4.69, 9.17) is 0 Å². The Morgan fingerprint density at radius 1 is 0.412 bits per heavy atom. The molecule has 8 aromatic carbocycles. The molecule has 0 N–H and O–H groups in total. The fourth-order valence-electron chi connectivity index (χ4n) is 7.65. The van der Waals surface area contributed by atoms with E-state index in [1.165, 1.54) is 64.2 Å². The maximum atomic E-state index is 2.49. The van der Waals surface area contributed by atoms with E-state index in [0.717, 1.165) is 22.7 Å². The number of hydrogen-bond acceptors (Lipinski definition) is 2. The molecule has 0 aliphatic rings. The fourth-order valence-corrected chi connectivity index (χ4v) is 8.87. The summed E-state index contributed by atoms with van der Waals surface area (Å²) in [7, 11) is 0. The summed E-state index contributed by atoms with van der Waals surface area (Å²) < 4.78 is 5.11. The number of anilines is 3. The van der Waals surface area contributed by atoms with Gasteiger partial charge in [-0.05, 0) is 89.0 Å². The van der Waals surface area contributed by atoms with Gasteiger partial charge in [0.15, 0.2) is 0 Å². The predicted octanol–water partition coefficient (Wildman–Crippen LogP) is 14.0. The maximum absolute atomic E-state index is 2.49. The molecule has 2 nitrogen and oxygen atoms in total. The minimum atomic E-state index is 1.12. The average molecular weight is 669 g/mol. The summed E-state index contributed by atoms with van der Waals surface area (Å²) in [6.07, 6.45) is 0. The first-order chi connectivity index (χ1) is 25.3. The van der Waals surface area contributed by atoms with E-state index in [1.54, 1.807) is 0 Å². The third-order valence-electron chi connectivity index (χ3n) is 9.98. The normalized spacial score (nSPS) is 11.5. The first-order valence-corrected chi connectivity index (χ1v) is 18.2. The summed E-state index contributed by atoms with van der Waals surface area (Å²) in [6.45, 7) is 0. The highest BCUT2D eigenvalue weighted by molar-refractivity contribution is 7.26. The number of benzene rings is 8. The lowest BCUT2D eigenvalue weighted by molar-refractivity contribution is 1.19.